The van der Waals surface area contributed by atoms with Gasteiger partial charge in [-0.1, -0.05) is 0 Å². The van der Waals surface area contributed by atoms with Gasteiger partial charge in [0.2, 0.25) is 15.9 Å². The monoisotopic (exact) mass is 231 g/mol. The van der Waals surface area contributed by atoms with Crippen LogP contribution in [-0.2, 0) is 14.8 Å². The molecule has 1 heterocycles. The van der Waals surface area contributed by atoms with Gasteiger partial charge in [-0.05, 0) is 13.3 Å². The van der Waals surface area contributed by atoms with Crippen LogP contribution < -0.4 is 10.0 Å². The molecule has 0 spiro atoms. The van der Waals surface area contributed by atoms with Crippen molar-refractivity contribution in [2.24, 2.45) is 0 Å². The molecule has 0 aromatic rings. The maximum absolute atomic E-state index is 11.4. The zero-order valence-electron chi connectivity index (χ0n) is 8.36. The number of nitriles is 1. The van der Waals surface area contributed by atoms with Crippen molar-refractivity contribution >= 4 is 15.9 Å². The molecule has 15 heavy (non-hydrogen) atoms. The molecule has 1 aliphatic rings. The summed E-state index contributed by atoms with van der Waals surface area (Å²) in [6.45, 7) is 1.47. The minimum absolute atomic E-state index is 0.0625. The Hall–Kier alpha value is -1.13. The lowest BCUT2D eigenvalue weighted by Crippen LogP contribution is -2.41. The van der Waals surface area contributed by atoms with Crippen LogP contribution in [0.2, 0.25) is 0 Å². The number of hydrogen-bond acceptors (Lipinski definition) is 4. The molecule has 2 unspecified atom stereocenters. The molecule has 7 heteroatoms. The number of carbonyl (C=O) groups excluding carboxylic acids is 1. The molecule has 1 amide bonds. The second-order valence-corrected chi connectivity index (χ2v) is 5.55. The van der Waals surface area contributed by atoms with E-state index in [0.29, 0.717) is 12.8 Å². The average molecular weight is 231 g/mol. The van der Waals surface area contributed by atoms with E-state index in [9.17, 15) is 13.2 Å². The van der Waals surface area contributed by atoms with Crippen molar-refractivity contribution < 1.29 is 13.2 Å². The van der Waals surface area contributed by atoms with E-state index < -0.39 is 15.3 Å². The summed E-state index contributed by atoms with van der Waals surface area (Å²) in [5.41, 5.74) is 0. The van der Waals surface area contributed by atoms with Crippen molar-refractivity contribution in [1.29, 1.82) is 5.26 Å². The number of hydrogen-bond donors (Lipinski definition) is 2. The second-order valence-electron chi connectivity index (χ2n) is 3.47. The van der Waals surface area contributed by atoms with Crippen LogP contribution in [0.15, 0.2) is 0 Å². The third-order valence-corrected chi connectivity index (χ3v) is 3.87. The summed E-state index contributed by atoms with van der Waals surface area (Å²) in [6, 6.07) is 1.50. The normalized spacial score (nSPS) is 23.2. The fraction of sp³-hybridized carbons (Fsp3) is 0.750. The minimum atomic E-state index is -3.58. The first-order chi connectivity index (χ1) is 6.95. The van der Waals surface area contributed by atoms with Gasteiger partial charge in [-0.25, -0.2) is 13.1 Å². The van der Waals surface area contributed by atoms with Crippen LogP contribution in [0.5, 0.6) is 0 Å². The van der Waals surface area contributed by atoms with Crippen LogP contribution >= 0.6 is 0 Å². The van der Waals surface area contributed by atoms with Crippen LogP contribution in [0.3, 0.4) is 0 Å². The van der Waals surface area contributed by atoms with E-state index >= 15 is 0 Å². The molecule has 0 aromatic heterocycles. The number of nitrogens with one attached hydrogen (secondary N) is 2. The van der Waals surface area contributed by atoms with Gasteiger partial charge in [-0.15, -0.1) is 0 Å². The van der Waals surface area contributed by atoms with E-state index in [1.165, 1.54) is 6.92 Å². The Balaban J connectivity index is 2.44. The molecule has 1 rings (SSSR count). The SMILES string of the molecule is CC(C#N)S(=O)(=O)NCC1CCC(=O)N1. The van der Waals surface area contributed by atoms with Crippen molar-refractivity contribution in [3.63, 3.8) is 0 Å². The quantitative estimate of drug-likeness (QED) is 0.654. The lowest BCUT2D eigenvalue weighted by Gasteiger charge is -2.12. The zero-order chi connectivity index (χ0) is 11.5. The Labute approximate surface area is 88.7 Å². The van der Waals surface area contributed by atoms with Crippen LogP contribution in [0, 0.1) is 11.3 Å². The van der Waals surface area contributed by atoms with Gasteiger partial charge in [-0.2, -0.15) is 5.26 Å². The number of amides is 1. The van der Waals surface area contributed by atoms with E-state index in [0.717, 1.165) is 0 Å². The Kier molecular flexibility index (Phi) is 3.66. The molecule has 0 saturated carbocycles. The van der Waals surface area contributed by atoms with E-state index in [1.807, 2.05) is 0 Å². The van der Waals surface area contributed by atoms with Gasteiger partial charge in [-0.3, -0.25) is 4.79 Å². The Bertz CT molecular complexity index is 384. The molecule has 0 aromatic carbocycles. The molecule has 0 aliphatic carbocycles. The maximum Gasteiger partial charge on any atom is 0.227 e. The first-order valence-corrected chi connectivity index (χ1v) is 6.18. The molecule has 0 radical (unpaired) electrons. The first kappa shape index (κ1) is 11.9. The number of sulfonamides is 1. The molecule has 6 nitrogen and oxygen atoms in total. The minimum Gasteiger partial charge on any atom is -0.352 e. The summed E-state index contributed by atoms with van der Waals surface area (Å²) in [6.07, 6.45) is 1.06. The van der Waals surface area contributed by atoms with Crippen molar-refractivity contribution in [3.05, 3.63) is 0 Å². The second kappa shape index (κ2) is 4.59. The molecule has 2 N–H and O–H groups in total. The molecule has 2 atom stereocenters. The molecule has 1 saturated heterocycles. The van der Waals surface area contributed by atoms with Crippen LogP contribution in [-0.4, -0.2) is 32.2 Å². The lowest BCUT2D eigenvalue weighted by molar-refractivity contribution is -0.119. The predicted octanol–water partition coefficient (Wildman–Crippen LogP) is -0.904. The highest BCUT2D eigenvalue weighted by Gasteiger charge is 2.25. The van der Waals surface area contributed by atoms with Gasteiger partial charge < -0.3 is 5.32 Å². The van der Waals surface area contributed by atoms with E-state index in [2.05, 4.69) is 10.0 Å². The highest BCUT2D eigenvalue weighted by Crippen LogP contribution is 2.06. The topological polar surface area (TPSA) is 99.1 Å². The number of carbonyl (C=O) groups is 1. The van der Waals surface area contributed by atoms with Gasteiger partial charge in [0, 0.05) is 19.0 Å². The van der Waals surface area contributed by atoms with Gasteiger partial charge in [0.25, 0.3) is 0 Å². The fourth-order valence-corrected chi connectivity index (χ4v) is 2.06. The molecular weight excluding hydrogens is 218 g/mol. The highest BCUT2D eigenvalue weighted by atomic mass is 32.2. The summed E-state index contributed by atoms with van der Waals surface area (Å²) < 4.78 is 25.0. The van der Waals surface area contributed by atoms with Crippen molar-refractivity contribution in [2.75, 3.05) is 6.54 Å². The largest absolute Gasteiger partial charge is 0.352 e. The summed E-state index contributed by atoms with van der Waals surface area (Å²) in [7, 11) is -3.58. The first-order valence-electron chi connectivity index (χ1n) is 4.63. The zero-order valence-corrected chi connectivity index (χ0v) is 9.17. The van der Waals surface area contributed by atoms with Crippen LogP contribution in [0.4, 0.5) is 0 Å². The summed E-state index contributed by atoms with van der Waals surface area (Å²) in [5, 5.41) is 10.0. The van der Waals surface area contributed by atoms with E-state index in [4.69, 9.17) is 5.26 Å². The fourth-order valence-electron chi connectivity index (χ4n) is 1.24. The molecule has 84 valence electrons. The third-order valence-electron chi connectivity index (χ3n) is 2.26. The van der Waals surface area contributed by atoms with Gasteiger partial charge in [0.05, 0.1) is 6.07 Å². The van der Waals surface area contributed by atoms with Gasteiger partial charge in [0.1, 0.15) is 0 Å². The molecule has 1 aliphatic heterocycles. The Morgan fingerprint density at radius 3 is 2.87 bits per heavy atom. The molecule has 0 bridgehead atoms. The highest BCUT2D eigenvalue weighted by molar-refractivity contribution is 7.90. The molecule has 1 fully saturated rings. The molecular formula is C8H13N3O3S. The van der Waals surface area contributed by atoms with Crippen LogP contribution in [0.1, 0.15) is 19.8 Å². The smallest absolute Gasteiger partial charge is 0.227 e. The van der Waals surface area contributed by atoms with Gasteiger partial charge >= 0.3 is 0 Å². The third kappa shape index (κ3) is 3.18. The summed E-state index contributed by atoms with van der Waals surface area (Å²) in [4.78, 5) is 10.8. The Morgan fingerprint density at radius 1 is 1.73 bits per heavy atom. The summed E-state index contributed by atoms with van der Waals surface area (Å²) >= 11 is 0. The number of rotatable bonds is 4. The predicted molar refractivity (Wildman–Crippen MR) is 53.2 cm³/mol. The van der Waals surface area contributed by atoms with Crippen LogP contribution in [0.25, 0.3) is 0 Å². The average Bonchev–Trinajstić information content (AvgIpc) is 2.60. The van der Waals surface area contributed by atoms with Gasteiger partial charge in [0.15, 0.2) is 5.25 Å². The number of nitrogens with zero attached hydrogens (tertiary/aromatic N) is 1. The maximum atomic E-state index is 11.4. The van der Waals surface area contributed by atoms with Crippen molar-refractivity contribution in [1.82, 2.24) is 10.0 Å². The van der Waals surface area contributed by atoms with E-state index in [-0.39, 0.29) is 18.5 Å². The Morgan fingerprint density at radius 2 is 2.40 bits per heavy atom. The summed E-state index contributed by atoms with van der Waals surface area (Å²) in [5.74, 6) is -0.0625. The standard InChI is InChI=1S/C8H13N3O3S/c1-6(4-9)15(13,14)10-5-7-2-3-8(12)11-7/h6-7,10H,2-3,5H2,1H3,(H,11,12). The lowest BCUT2D eigenvalue weighted by atomic mass is 10.2. The van der Waals surface area contributed by atoms with Crippen molar-refractivity contribution in [2.45, 2.75) is 31.1 Å². The van der Waals surface area contributed by atoms with Crippen molar-refractivity contribution in [3.8, 4) is 6.07 Å². The van der Waals surface area contributed by atoms with E-state index in [1.54, 1.807) is 6.07 Å².